The Labute approximate surface area is 186 Å². The number of guanidine groups is 1. The summed E-state index contributed by atoms with van der Waals surface area (Å²) in [5.74, 6) is -1.20. The van der Waals surface area contributed by atoms with Gasteiger partial charge in [-0.05, 0) is 36.8 Å². The predicted molar refractivity (Wildman–Crippen MR) is 119 cm³/mol. The van der Waals surface area contributed by atoms with Crippen LogP contribution < -0.4 is 16.0 Å². The van der Waals surface area contributed by atoms with Crippen molar-refractivity contribution >= 4 is 45.1 Å². The largest absolute Gasteiger partial charge is 0.453 e. The number of rotatable bonds is 6. The van der Waals surface area contributed by atoms with E-state index < -0.39 is 27.7 Å². The second-order valence-electron chi connectivity index (χ2n) is 6.55. The highest BCUT2D eigenvalue weighted by Crippen LogP contribution is 2.29. The molecule has 2 rings (SSSR count). The zero-order valence-electron chi connectivity index (χ0n) is 17.8. The Morgan fingerprint density at radius 2 is 1.66 bits per heavy atom. The highest BCUT2D eigenvalue weighted by molar-refractivity contribution is 7.91. The Bertz CT molecular complexity index is 1130. The highest BCUT2D eigenvalue weighted by Gasteiger charge is 2.20. The molecule has 0 saturated heterocycles. The lowest BCUT2D eigenvalue weighted by Crippen LogP contribution is -2.36. The van der Waals surface area contributed by atoms with Crippen LogP contribution in [0.3, 0.4) is 0 Å². The summed E-state index contributed by atoms with van der Waals surface area (Å²) >= 11 is 0. The fraction of sp³-hybridized carbons (Fsp3) is 0.238. The van der Waals surface area contributed by atoms with E-state index in [0.717, 1.165) is 7.11 Å². The first-order valence-corrected chi connectivity index (χ1v) is 11.1. The van der Waals surface area contributed by atoms with Gasteiger partial charge in [-0.1, -0.05) is 25.1 Å². The number of benzene rings is 2. The zero-order valence-corrected chi connectivity index (χ0v) is 18.7. The summed E-state index contributed by atoms with van der Waals surface area (Å²) < 4.78 is 30.5. The maximum absolute atomic E-state index is 13.0. The third kappa shape index (κ3) is 6.64. The van der Waals surface area contributed by atoms with Crippen LogP contribution in [0, 0.1) is 0 Å². The van der Waals surface area contributed by atoms with Gasteiger partial charge in [0.15, 0.2) is 0 Å². The van der Waals surface area contributed by atoms with Gasteiger partial charge in [0, 0.05) is 13.3 Å². The fourth-order valence-electron chi connectivity index (χ4n) is 2.59. The summed E-state index contributed by atoms with van der Waals surface area (Å²) in [5, 5.41) is 7.54. The molecule has 10 nitrogen and oxygen atoms in total. The van der Waals surface area contributed by atoms with Gasteiger partial charge in [-0.2, -0.15) is 4.99 Å². The van der Waals surface area contributed by atoms with Gasteiger partial charge in [0.25, 0.3) is 0 Å². The summed E-state index contributed by atoms with van der Waals surface area (Å²) in [4.78, 5) is 39.1. The molecule has 11 heteroatoms. The summed E-state index contributed by atoms with van der Waals surface area (Å²) in [6.07, 6.45) is -0.222. The first-order chi connectivity index (χ1) is 15.2. The van der Waals surface area contributed by atoms with Crippen LogP contribution in [0.25, 0.3) is 0 Å². The smallest absolute Gasteiger partial charge is 0.413 e. The van der Waals surface area contributed by atoms with E-state index in [0.29, 0.717) is 6.42 Å². The Morgan fingerprint density at radius 3 is 2.25 bits per heavy atom. The number of anilines is 2. The van der Waals surface area contributed by atoms with Crippen molar-refractivity contribution in [2.75, 3.05) is 17.7 Å². The van der Waals surface area contributed by atoms with Gasteiger partial charge in [0.2, 0.25) is 27.6 Å². The van der Waals surface area contributed by atoms with E-state index >= 15 is 0 Å². The van der Waals surface area contributed by atoms with Gasteiger partial charge in [-0.3, -0.25) is 14.9 Å². The molecule has 0 aliphatic rings. The Morgan fingerprint density at radius 1 is 0.969 bits per heavy atom. The van der Waals surface area contributed by atoms with Crippen molar-refractivity contribution in [3.63, 3.8) is 0 Å². The van der Waals surface area contributed by atoms with Crippen LogP contribution in [0.4, 0.5) is 16.2 Å². The van der Waals surface area contributed by atoms with Crippen molar-refractivity contribution in [2.45, 2.75) is 36.5 Å². The molecule has 3 N–H and O–H groups in total. The third-order valence-electron chi connectivity index (χ3n) is 4.02. The number of carbonyl (C=O) groups excluding carboxylic acids is 3. The number of hydrogen-bond donors (Lipinski definition) is 3. The van der Waals surface area contributed by atoms with Crippen LogP contribution in [-0.4, -0.2) is 39.4 Å². The molecule has 0 heterocycles. The molecule has 0 aliphatic heterocycles. The average molecular weight is 461 g/mol. The molecular formula is C21H24N4O6S. The minimum atomic E-state index is -3.87. The lowest BCUT2D eigenvalue weighted by molar-refractivity contribution is -0.118. The van der Waals surface area contributed by atoms with Crippen molar-refractivity contribution in [3.8, 4) is 0 Å². The molecule has 0 saturated carbocycles. The highest BCUT2D eigenvalue weighted by atomic mass is 32.2. The molecule has 0 atom stereocenters. The molecule has 170 valence electrons. The van der Waals surface area contributed by atoms with E-state index in [9.17, 15) is 22.8 Å². The number of hydrogen-bond acceptors (Lipinski definition) is 6. The number of alkyl carbamates (subject to hydrolysis) is 1. The summed E-state index contributed by atoms with van der Waals surface area (Å²) in [6.45, 7) is 3.08. The van der Waals surface area contributed by atoms with Crippen LogP contribution in [0.2, 0.25) is 0 Å². The minimum absolute atomic E-state index is 0.0717. The Balaban J connectivity index is 2.54. The first kappa shape index (κ1) is 24.5. The number of amides is 3. The fourth-order valence-corrected chi connectivity index (χ4v) is 3.89. The predicted octanol–water partition coefficient (Wildman–Crippen LogP) is 2.93. The van der Waals surface area contributed by atoms with Crippen molar-refractivity contribution in [1.82, 2.24) is 5.32 Å². The molecule has 32 heavy (non-hydrogen) atoms. The van der Waals surface area contributed by atoms with E-state index in [1.165, 1.54) is 37.3 Å². The van der Waals surface area contributed by atoms with Crippen LogP contribution in [0.5, 0.6) is 0 Å². The van der Waals surface area contributed by atoms with Crippen LogP contribution in [-0.2, 0) is 24.2 Å². The van der Waals surface area contributed by atoms with Crippen molar-refractivity contribution in [2.24, 2.45) is 4.99 Å². The number of nitrogens with zero attached hydrogens (tertiary/aromatic N) is 1. The van der Waals surface area contributed by atoms with E-state index in [4.69, 9.17) is 0 Å². The number of nitrogens with one attached hydrogen (secondary N) is 3. The maximum Gasteiger partial charge on any atom is 0.413 e. The van der Waals surface area contributed by atoms with Gasteiger partial charge in [-0.15, -0.1) is 0 Å². The zero-order chi connectivity index (χ0) is 23.7. The second kappa shape index (κ2) is 11.0. The minimum Gasteiger partial charge on any atom is -0.453 e. The maximum atomic E-state index is 13.0. The van der Waals surface area contributed by atoms with Crippen LogP contribution in [0.15, 0.2) is 63.3 Å². The number of sulfone groups is 1. The molecule has 0 radical (unpaired) electrons. The summed E-state index contributed by atoms with van der Waals surface area (Å²) in [5.41, 5.74) is 0.309. The summed E-state index contributed by atoms with van der Waals surface area (Å²) in [7, 11) is -2.74. The molecule has 0 unspecified atom stereocenters. The molecule has 0 aromatic heterocycles. The molecule has 0 aliphatic carbocycles. The Kier molecular flexibility index (Phi) is 8.47. The third-order valence-corrected chi connectivity index (χ3v) is 5.79. The van der Waals surface area contributed by atoms with Gasteiger partial charge < -0.3 is 15.4 Å². The molecule has 3 amide bonds. The van der Waals surface area contributed by atoms with E-state index in [2.05, 4.69) is 25.7 Å². The molecular weight excluding hydrogens is 436 g/mol. The standard InChI is InChI=1S/C21H24N4O6S/c1-4-8-19(27)24-20(25-21(28)31-3)23-18-13-16(11-12-17(18)22-14(2)26)32(29,30)15-9-6-5-7-10-15/h5-7,9-13H,4,8H2,1-3H3,(H,22,26)(H2,23,24,25,27,28). The van der Waals surface area contributed by atoms with Gasteiger partial charge in [0.1, 0.15) is 0 Å². The van der Waals surface area contributed by atoms with Crippen molar-refractivity contribution < 1.29 is 27.5 Å². The SMILES string of the molecule is CCCC(=O)/N=C(\NC(=O)OC)Nc1cc(S(=O)(=O)c2ccccc2)ccc1NC(C)=O. The van der Waals surface area contributed by atoms with Crippen molar-refractivity contribution in [1.29, 1.82) is 0 Å². The number of ether oxygens (including phenoxy) is 1. The topological polar surface area (TPSA) is 143 Å². The lowest BCUT2D eigenvalue weighted by atomic mass is 10.2. The first-order valence-electron chi connectivity index (χ1n) is 9.62. The molecule has 2 aromatic carbocycles. The average Bonchev–Trinajstić information content (AvgIpc) is 2.75. The number of carbonyl (C=O) groups is 3. The monoisotopic (exact) mass is 460 g/mol. The van der Waals surface area contributed by atoms with Crippen LogP contribution >= 0.6 is 0 Å². The van der Waals surface area contributed by atoms with E-state index in [1.54, 1.807) is 25.1 Å². The molecule has 0 fully saturated rings. The molecule has 0 spiro atoms. The normalized spacial score (nSPS) is 11.4. The second-order valence-corrected chi connectivity index (χ2v) is 8.50. The van der Waals surface area contributed by atoms with E-state index in [-0.39, 0.29) is 33.5 Å². The van der Waals surface area contributed by atoms with Crippen LogP contribution in [0.1, 0.15) is 26.7 Å². The lowest BCUT2D eigenvalue weighted by Gasteiger charge is -2.16. The van der Waals surface area contributed by atoms with Gasteiger partial charge in [-0.25, -0.2) is 13.2 Å². The molecule has 2 aromatic rings. The number of aliphatic imine (C=N–C) groups is 1. The molecule has 0 bridgehead atoms. The summed E-state index contributed by atoms with van der Waals surface area (Å²) in [6, 6.07) is 11.8. The van der Waals surface area contributed by atoms with Gasteiger partial charge >= 0.3 is 6.09 Å². The van der Waals surface area contributed by atoms with E-state index in [1.807, 2.05) is 0 Å². The quantitative estimate of drug-likeness (QED) is 0.444. The van der Waals surface area contributed by atoms with Gasteiger partial charge in [0.05, 0.1) is 28.3 Å². The Hall–Kier alpha value is -3.73. The number of methoxy groups -OCH3 is 1. The van der Waals surface area contributed by atoms with Crippen molar-refractivity contribution in [3.05, 3.63) is 48.5 Å².